The van der Waals surface area contributed by atoms with Crippen LogP contribution in [0.1, 0.15) is 36.3 Å². The van der Waals surface area contributed by atoms with Crippen LogP contribution in [-0.2, 0) is 6.42 Å². The smallest absolute Gasteiger partial charge is 0.0423 e. The molecule has 2 heterocycles. The van der Waals surface area contributed by atoms with E-state index in [9.17, 15) is 0 Å². The lowest BCUT2D eigenvalue weighted by Gasteiger charge is -2.20. The lowest BCUT2D eigenvalue weighted by molar-refractivity contribution is 0.520. The molecule has 1 unspecified atom stereocenters. The van der Waals surface area contributed by atoms with Crippen LogP contribution >= 0.6 is 15.9 Å². The van der Waals surface area contributed by atoms with E-state index >= 15 is 0 Å². The van der Waals surface area contributed by atoms with Crippen LogP contribution in [0.15, 0.2) is 41.1 Å². The van der Waals surface area contributed by atoms with Gasteiger partial charge in [-0.15, -0.1) is 0 Å². The van der Waals surface area contributed by atoms with E-state index < -0.39 is 0 Å². The van der Waals surface area contributed by atoms with Crippen LogP contribution in [0.25, 0.3) is 0 Å². The van der Waals surface area contributed by atoms with Crippen molar-refractivity contribution in [1.82, 2.24) is 15.3 Å². The van der Waals surface area contributed by atoms with Crippen LogP contribution in [0.2, 0.25) is 0 Å². The van der Waals surface area contributed by atoms with E-state index in [1.54, 1.807) is 0 Å². The lowest BCUT2D eigenvalue weighted by Crippen LogP contribution is -2.25. The molecule has 1 atom stereocenters. The number of pyridine rings is 2. The van der Waals surface area contributed by atoms with Crippen molar-refractivity contribution in [3.8, 4) is 0 Å². The molecule has 0 aliphatic rings. The van der Waals surface area contributed by atoms with Crippen molar-refractivity contribution in [2.75, 3.05) is 6.54 Å². The maximum atomic E-state index is 4.47. The molecular formula is C16H20BrN3. The highest BCUT2D eigenvalue weighted by Gasteiger charge is 2.14. The highest BCUT2D eigenvalue weighted by Crippen LogP contribution is 2.20. The first-order chi connectivity index (χ1) is 9.70. The van der Waals surface area contributed by atoms with E-state index in [1.807, 2.05) is 24.5 Å². The van der Waals surface area contributed by atoms with E-state index in [-0.39, 0.29) is 6.04 Å². The number of hydrogen-bond acceptors (Lipinski definition) is 3. The molecular weight excluding hydrogens is 314 g/mol. The Morgan fingerprint density at radius 1 is 1.25 bits per heavy atom. The summed E-state index contributed by atoms with van der Waals surface area (Å²) in [5, 5.41) is 3.60. The zero-order valence-electron chi connectivity index (χ0n) is 11.9. The molecule has 0 aliphatic heterocycles. The zero-order valence-corrected chi connectivity index (χ0v) is 13.5. The van der Waals surface area contributed by atoms with Crippen molar-refractivity contribution in [1.29, 1.82) is 0 Å². The number of nitrogens with one attached hydrogen (secondary N) is 1. The topological polar surface area (TPSA) is 37.8 Å². The second-order valence-corrected chi connectivity index (χ2v) is 5.77. The molecule has 0 spiro atoms. The van der Waals surface area contributed by atoms with Gasteiger partial charge in [0.2, 0.25) is 0 Å². The Labute approximate surface area is 129 Å². The number of halogens is 1. The Balaban J connectivity index is 2.19. The summed E-state index contributed by atoms with van der Waals surface area (Å²) in [6, 6.07) is 8.51. The second kappa shape index (κ2) is 7.50. The summed E-state index contributed by atoms with van der Waals surface area (Å²) in [6.45, 7) is 5.23. The van der Waals surface area contributed by atoms with Gasteiger partial charge in [0.15, 0.2) is 0 Å². The summed E-state index contributed by atoms with van der Waals surface area (Å²) in [5.41, 5.74) is 3.42. The molecule has 0 saturated carbocycles. The highest BCUT2D eigenvalue weighted by molar-refractivity contribution is 9.10. The van der Waals surface area contributed by atoms with E-state index in [1.165, 1.54) is 5.56 Å². The minimum absolute atomic E-state index is 0.261. The molecule has 0 aliphatic carbocycles. The van der Waals surface area contributed by atoms with Crippen molar-refractivity contribution in [2.45, 2.75) is 32.7 Å². The monoisotopic (exact) mass is 333 g/mol. The Morgan fingerprint density at radius 3 is 2.75 bits per heavy atom. The first-order valence-electron chi connectivity index (χ1n) is 6.96. The van der Waals surface area contributed by atoms with Crippen LogP contribution in [-0.4, -0.2) is 16.5 Å². The van der Waals surface area contributed by atoms with E-state index in [0.717, 1.165) is 35.2 Å². The molecule has 0 bridgehead atoms. The first-order valence-corrected chi connectivity index (χ1v) is 7.75. The molecule has 4 heteroatoms. The zero-order chi connectivity index (χ0) is 14.4. The van der Waals surface area contributed by atoms with Crippen LogP contribution in [0.4, 0.5) is 0 Å². The lowest BCUT2D eigenvalue weighted by atomic mass is 10.0. The standard InChI is InChI=1S/C16H20BrN3/c1-3-8-19-16(15-5-4-9-18-12(15)2)10-14-7-6-13(17)11-20-14/h4-7,9,11,16,19H,3,8,10H2,1-2H3. The fourth-order valence-corrected chi connectivity index (χ4v) is 2.45. The fraction of sp³-hybridized carbons (Fsp3) is 0.375. The highest BCUT2D eigenvalue weighted by atomic mass is 79.9. The summed E-state index contributed by atoms with van der Waals surface area (Å²) in [5.74, 6) is 0. The predicted molar refractivity (Wildman–Crippen MR) is 85.6 cm³/mol. The largest absolute Gasteiger partial charge is 0.310 e. The van der Waals surface area contributed by atoms with Crippen molar-refractivity contribution in [3.63, 3.8) is 0 Å². The van der Waals surface area contributed by atoms with Crippen LogP contribution in [0.5, 0.6) is 0 Å². The molecule has 2 rings (SSSR count). The molecule has 2 aromatic heterocycles. The van der Waals surface area contributed by atoms with Crippen LogP contribution in [0, 0.1) is 6.92 Å². The maximum absolute atomic E-state index is 4.47. The summed E-state index contributed by atoms with van der Waals surface area (Å²) in [7, 11) is 0. The van der Waals surface area contributed by atoms with E-state index in [2.05, 4.69) is 57.2 Å². The van der Waals surface area contributed by atoms with Gasteiger partial charge in [0.05, 0.1) is 0 Å². The minimum atomic E-state index is 0.261. The molecule has 106 valence electrons. The third-order valence-electron chi connectivity index (χ3n) is 3.27. The van der Waals surface area contributed by atoms with Crippen molar-refractivity contribution >= 4 is 15.9 Å². The van der Waals surface area contributed by atoms with Gasteiger partial charge in [-0.2, -0.15) is 0 Å². The molecule has 20 heavy (non-hydrogen) atoms. The van der Waals surface area contributed by atoms with Gasteiger partial charge in [-0.3, -0.25) is 9.97 Å². The average molecular weight is 334 g/mol. The molecule has 2 aromatic rings. The third kappa shape index (κ3) is 4.12. The molecule has 0 radical (unpaired) electrons. The predicted octanol–water partition coefficient (Wildman–Crippen LogP) is 3.83. The van der Waals surface area contributed by atoms with Crippen molar-refractivity contribution in [3.05, 3.63) is 58.1 Å². The van der Waals surface area contributed by atoms with E-state index in [4.69, 9.17) is 0 Å². The summed E-state index contributed by atoms with van der Waals surface area (Å²) in [6.07, 6.45) is 5.68. The molecule has 1 N–H and O–H groups in total. The minimum Gasteiger partial charge on any atom is -0.310 e. The summed E-state index contributed by atoms with van der Waals surface area (Å²) >= 11 is 3.42. The van der Waals surface area contributed by atoms with Gasteiger partial charge in [-0.25, -0.2) is 0 Å². The molecule has 0 aromatic carbocycles. The quantitative estimate of drug-likeness (QED) is 0.872. The number of hydrogen-bond donors (Lipinski definition) is 1. The van der Waals surface area contributed by atoms with Crippen LogP contribution in [0.3, 0.4) is 0 Å². The van der Waals surface area contributed by atoms with E-state index in [0.29, 0.717) is 0 Å². The molecule has 3 nitrogen and oxygen atoms in total. The SMILES string of the molecule is CCCNC(Cc1ccc(Br)cn1)c1cccnc1C. The Kier molecular flexibility index (Phi) is 5.68. The molecule has 0 saturated heterocycles. The van der Waals surface area contributed by atoms with Gasteiger partial charge < -0.3 is 5.32 Å². The average Bonchev–Trinajstić information content (AvgIpc) is 2.46. The normalized spacial score (nSPS) is 12.3. The Bertz CT molecular complexity index is 540. The number of aromatic nitrogens is 2. The second-order valence-electron chi connectivity index (χ2n) is 4.86. The fourth-order valence-electron chi connectivity index (χ4n) is 2.21. The molecule has 0 fully saturated rings. The Hall–Kier alpha value is -1.26. The number of nitrogens with zero attached hydrogens (tertiary/aromatic N) is 2. The van der Waals surface area contributed by atoms with Gasteiger partial charge in [-0.05, 0) is 59.6 Å². The van der Waals surface area contributed by atoms with Gasteiger partial charge in [0, 0.05) is 40.7 Å². The van der Waals surface area contributed by atoms with Gasteiger partial charge >= 0.3 is 0 Å². The Morgan fingerprint density at radius 2 is 2.10 bits per heavy atom. The maximum Gasteiger partial charge on any atom is 0.0423 e. The first kappa shape index (κ1) is 15.1. The third-order valence-corrected chi connectivity index (χ3v) is 3.73. The van der Waals surface area contributed by atoms with Crippen molar-refractivity contribution < 1.29 is 0 Å². The van der Waals surface area contributed by atoms with Gasteiger partial charge in [0.25, 0.3) is 0 Å². The summed E-state index contributed by atoms with van der Waals surface area (Å²) < 4.78 is 1.01. The van der Waals surface area contributed by atoms with Gasteiger partial charge in [0.1, 0.15) is 0 Å². The summed E-state index contributed by atoms with van der Waals surface area (Å²) in [4.78, 5) is 8.87. The van der Waals surface area contributed by atoms with Crippen molar-refractivity contribution in [2.24, 2.45) is 0 Å². The number of aryl methyl sites for hydroxylation is 1. The van der Waals surface area contributed by atoms with Gasteiger partial charge in [-0.1, -0.05) is 13.0 Å². The molecule has 0 amide bonds. The number of rotatable bonds is 6. The van der Waals surface area contributed by atoms with Crippen LogP contribution < -0.4 is 5.32 Å².